The second-order valence-electron chi connectivity index (χ2n) is 8.40. The van der Waals surface area contributed by atoms with Gasteiger partial charge in [0.15, 0.2) is 0 Å². The van der Waals surface area contributed by atoms with Crippen LogP contribution in [0, 0.1) is 0 Å². The highest BCUT2D eigenvalue weighted by Gasteiger charge is 2.46. The van der Waals surface area contributed by atoms with Gasteiger partial charge in [-0.15, -0.1) is 0 Å². The topological polar surface area (TPSA) is 19.4 Å². The average Bonchev–Trinajstić information content (AvgIpc) is 2.37. The SMILES string of the molecule is CC(C)(C)N1CCN(C(C)(C)C)C(C)(c2ccccn2)C1. The molecular weight excluding hydrogens is 258 g/mol. The Morgan fingerprint density at radius 2 is 1.67 bits per heavy atom. The van der Waals surface area contributed by atoms with Gasteiger partial charge in [-0.3, -0.25) is 14.8 Å². The van der Waals surface area contributed by atoms with Crippen molar-refractivity contribution in [3.63, 3.8) is 0 Å². The summed E-state index contributed by atoms with van der Waals surface area (Å²) in [6.07, 6.45) is 1.91. The normalized spacial score (nSPS) is 26.0. The van der Waals surface area contributed by atoms with Crippen molar-refractivity contribution < 1.29 is 0 Å². The van der Waals surface area contributed by atoms with E-state index in [0.29, 0.717) is 0 Å². The molecule has 0 amide bonds. The summed E-state index contributed by atoms with van der Waals surface area (Å²) in [6, 6.07) is 6.27. The van der Waals surface area contributed by atoms with Crippen LogP contribution in [-0.4, -0.2) is 45.5 Å². The Morgan fingerprint density at radius 1 is 1.00 bits per heavy atom. The highest BCUT2D eigenvalue weighted by Crippen LogP contribution is 2.38. The van der Waals surface area contributed by atoms with Crippen molar-refractivity contribution in [3.8, 4) is 0 Å². The van der Waals surface area contributed by atoms with Crippen LogP contribution >= 0.6 is 0 Å². The van der Waals surface area contributed by atoms with E-state index in [-0.39, 0.29) is 16.6 Å². The van der Waals surface area contributed by atoms with Gasteiger partial charge < -0.3 is 0 Å². The van der Waals surface area contributed by atoms with E-state index in [1.165, 1.54) is 5.69 Å². The Morgan fingerprint density at radius 3 is 2.14 bits per heavy atom. The molecule has 0 radical (unpaired) electrons. The molecule has 1 unspecified atom stereocenters. The number of rotatable bonds is 1. The minimum Gasteiger partial charge on any atom is -0.295 e. The van der Waals surface area contributed by atoms with Crippen LogP contribution < -0.4 is 0 Å². The summed E-state index contributed by atoms with van der Waals surface area (Å²) in [5, 5.41) is 0. The van der Waals surface area contributed by atoms with Crippen molar-refractivity contribution in [2.75, 3.05) is 19.6 Å². The molecule has 1 aliphatic rings. The molecule has 1 aromatic rings. The molecule has 2 heterocycles. The molecule has 1 atom stereocenters. The highest BCUT2D eigenvalue weighted by molar-refractivity contribution is 5.19. The fourth-order valence-electron chi connectivity index (χ4n) is 3.55. The molecule has 0 spiro atoms. The van der Waals surface area contributed by atoms with E-state index < -0.39 is 0 Å². The van der Waals surface area contributed by atoms with Crippen molar-refractivity contribution in [1.82, 2.24) is 14.8 Å². The summed E-state index contributed by atoms with van der Waals surface area (Å²) in [5.74, 6) is 0. The lowest BCUT2D eigenvalue weighted by atomic mass is 9.85. The van der Waals surface area contributed by atoms with Gasteiger partial charge in [0, 0.05) is 36.9 Å². The minimum absolute atomic E-state index is 0.0506. The molecule has 0 saturated carbocycles. The predicted molar refractivity (Wildman–Crippen MR) is 89.4 cm³/mol. The van der Waals surface area contributed by atoms with E-state index in [0.717, 1.165) is 19.6 Å². The fraction of sp³-hybridized carbons (Fsp3) is 0.722. The zero-order chi connectivity index (χ0) is 15.9. The van der Waals surface area contributed by atoms with E-state index in [4.69, 9.17) is 0 Å². The molecule has 0 bridgehead atoms. The number of hydrogen-bond acceptors (Lipinski definition) is 3. The van der Waals surface area contributed by atoms with Gasteiger partial charge in [-0.05, 0) is 60.6 Å². The molecular formula is C18H31N3. The van der Waals surface area contributed by atoms with Crippen LogP contribution in [0.2, 0.25) is 0 Å². The average molecular weight is 289 g/mol. The van der Waals surface area contributed by atoms with Crippen LogP contribution in [0.4, 0.5) is 0 Å². The first-order valence-corrected chi connectivity index (χ1v) is 7.99. The Balaban J connectivity index is 2.43. The van der Waals surface area contributed by atoms with Gasteiger partial charge in [-0.2, -0.15) is 0 Å². The Labute approximate surface area is 130 Å². The van der Waals surface area contributed by atoms with Gasteiger partial charge >= 0.3 is 0 Å². The van der Waals surface area contributed by atoms with Crippen LogP contribution in [-0.2, 0) is 5.54 Å². The maximum Gasteiger partial charge on any atom is 0.0738 e. The number of piperazine rings is 1. The van der Waals surface area contributed by atoms with E-state index >= 15 is 0 Å². The third kappa shape index (κ3) is 3.29. The van der Waals surface area contributed by atoms with Crippen LogP contribution in [0.1, 0.15) is 54.2 Å². The molecule has 0 aliphatic carbocycles. The van der Waals surface area contributed by atoms with Crippen molar-refractivity contribution in [2.45, 2.75) is 65.1 Å². The van der Waals surface area contributed by atoms with E-state index in [2.05, 4.69) is 75.4 Å². The summed E-state index contributed by atoms with van der Waals surface area (Å²) in [5.41, 5.74) is 1.45. The van der Waals surface area contributed by atoms with E-state index in [1.54, 1.807) is 0 Å². The van der Waals surface area contributed by atoms with Crippen LogP contribution in [0.3, 0.4) is 0 Å². The molecule has 0 aromatic carbocycles. The first kappa shape index (κ1) is 16.4. The Kier molecular flexibility index (Phi) is 4.20. The van der Waals surface area contributed by atoms with Crippen molar-refractivity contribution in [1.29, 1.82) is 0 Å². The standard InChI is InChI=1S/C18H31N3/c1-16(2,3)20-12-13-21(17(4,5)6)18(7,14-20)15-10-8-9-11-19-15/h8-11H,12-14H2,1-7H3. The lowest BCUT2D eigenvalue weighted by molar-refractivity contribution is -0.0779. The summed E-state index contributed by atoms with van der Waals surface area (Å²) in [4.78, 5) is 9.89. The molecule has 0 N–H and O–H groups in total. The van der Waals surface area contributed by atoms with Crippen molar-refractivity contribution in [3.05, 3.63) is 30.1 Å². The number of aromatic nitrogens is 1. The lowest BCUT2D eigenvalue weighted by Gasteiger charge is -2.56. The first-order chi connectivity index (χ1) is 9.55. The van der Waals surface area contributed by atoms with Gasteiger partial charge in [0.1, 0.15) is 0 Å². The second-order valence-corrected chi connectivity index (χ2v) is 8.40. The monoisotopic (exact) mass is 289 g/mol. The Bertz CT molecular complexity index is 469. The third-order valence-electron chi connectivity index (χ3n) is 4.66. The van der Waals surface area contributed by atoms with Crippen LogP contribution in [0.5, 0.6) is 0 Å². The lowest BCUT2D eigenvalue weighted by Crippen LogP contribution is -2.66. The Hall–Kier alpha value is -0.930. The maximum atomic E-state index is 4.69. The van der Waals surface area contributed by atoms with Crippen molar-refractivity contribution >= 4 is 0 Å². The van der Waals surface area contributed by atoms with Gasteiger partial charge in [-0.25, -0.2) is 0 Å². The summed E-state index contributed by atoms with van der Waals surface area (Å²) >= 11 is 0. The van der Waals surface area contributed by atoms with Gasteiger partial charge in [0.05, 0.1) is 11.2 Å². The van der Waals surface area contributed by atoms with E-state index in [1.807, 2.05) is 12.3 Å². The molecule has 1 aliphatic heterocycles. The quantitative estimate of drug-likeness (QED) is 0.788. The largest absolute Gasteiger partial charge is 0.295 e. The van der Waals surface area contributed by atoms with Gasteiger partial charge in [0.2, 0.25) is 0 Å². The summed E-state index contributed by atoms with van der Waals surface area (Å²) in [6.45, 7) is 19.4. The minimum atomic E-state index is -0.0506. The maximum absolute atomic E-state index is 4.69. The predicted octanol–water partition coefficient (Wildman–Crippen LogP) is 3.51. The zero-order valence-corrected chi connectivity index (χ0v) is 14.8. The number of nitrogens with zero attached hydrogens (tertiary/aromatic N) is 3. The summed E-state index contributed by atoms with van der Waals surface area (Å²) < 4.78 is 0. The molecule has 3 heteroatoms. The molecule has 2 rings (SSSR count). The van der Waals surface area contributed by atoms with Gasteiger partial charge in [0.25, 0.3) is 0 Å². The first-order valence-electron chi connectivity index (χ1n) is 7.99. The van der Waals surface area contributed by atoms with Gasteiger partial charge in [-0.1, -0.05) is 6.07 Å². The second kappa shape index (κ2) is 5.36. The van der Waals surface area contributed by atoms with Crippen LogP contribution in [0.15, 0.2) is 24.4 Å². The molecule has 1 saturated heterocycles. The molecule has 118 valence electrons. The zero-order valence-electron chi connectivity index (χ0n) is 14.8. The van der Waals surface area contributed by atoms with Crippen molar-refractivity contribution in [2.24, 2.45) is 0 Å². The van der Waals surface area contributed by atoms with E-state index in [9.17, 15) is 0 Å². The number of pyridine rings is 1. The fourth-order valence-corrected chi connectivity index (χ4v) is 3.55. The summed E-state index contributed by atoms with van der Waals surface area (Å²) in [7, 11) is 0. The third-order valence-corrected chi connectivity index (χ3v) is 4.66. The van der Waals surface area contributed by atoms with Crippen LogP contribution in [0.25, 0.3) is 0 Å². The smallest absolute Gasteiger partial charge is 0.0738 e. The molecule has 1 fully saturated rings. The molecule has 21 heavy (non-hydrogen) atoms. The highest BCUT2D eigenvalue weighted by atomic mass is 15.4. The molecule has 1 aromatic heterocycles. The number of hydrogen-bond donors (Lipinski definition) is 0. The molecule has 3 nitrogen and oxygen atoms in total.